The SMILES string of the molecule is c1ccc([Se]CC(c2ccccc2)N2CCOCC2)cc1. The van der Waals surface area contributed by atoms with Gasteiger partial charge in [0, 0.05) is 0 Å². The van der Waals surface area contributed by atoms with Crippen molar-refractivity contribution < 1.29 is 4.74 Å². The fourth-order valence-electron chi connectivity index (χ4n) is 2.67. The topological polar surface area (TPSA) is 12.5 Å². The molecule has 0 amide bonds. The van der Waals surface area contributed by atoms with Gasteiger partial charge in [-0.15, -0.1) is 0 Å². The van der Waals surface area contributed by atoms with E-state index in [1.807, 2.05) is 0 Å². The average molecular weight is 346 g/mol. The third kappa shape index (κ3) is 4.18. The van der Waals surface area contributed by atoms with Crippen LogP contribution in [-0.4, -0.2) is 46.2 Å². The number of morpholine rings is 1. The molecule has 1 atom stereocenters. The predicted octanol–water partition coefficient (Wildman–Crippen LogP) is 2.51. The quantitative estimate of drug-likeness (QED) is 0.772. The Hall–Kier alpha value is -1.12. The van der Waals surface area contributed by atoms with E-state index in [-0.39, 0.29) is 0 Å². The molecule has 0 bridgehead atoms. The Morgan fingerprint density at radius 2 is 1.52 bits per heavy atom. The first-order valence-electron chi connectivity index (χ1n) is 7.48. The molecule has 3 rings (SSSR count). The molecule has 1 heterocycles. The van der Waals surface area contributed by atoms with Gasteiger partial charge in [-0.1, -0.05) is 0 Å². The average Bonchev–Trinajstić information content (AvgIpc) is 2.58. The first-order valence-corrected chi connectivity index (χ1v) is 9.55. The van der Waals surface area contributed by atoms with Crippen molar-refractivity contribution in [2.45, 2.75) is 11.4 Å². The van der Waals surface area contributed by atoms with E-state index in [0.29, 0.717) is 21.0 Å². The van der Waals surface area contributed by atoms with Gasteiger partial charge in [0.15, 0.2) is 0 Å². The van der Waals surface area contributed by atoms with Crippen molar-refractivity contribution in [1.29, 1.82) is 0 Å². The number of nitrogens with zero attached hydrogens (tertiary/aromatic N) is 1. The Labute approximate surface area is 133 Å². The Kier molecular flexibility index (Phi) is 5.47. The molecule has 3 heteroatoms. The molecule has 1 aliphatic rings. The van der Waals surface area contributed by atoms with Crippen molar-refractivity contribution in [2.75, 3.05) is 26.3 Å². The molecular weight excluding hydrogens is 325 g/mol. The molecule has 1 fully saturated rings. The molecule has 0 aliphatic carbocycles. The summed E-state index contributed by atoms with van der Waals surface area (Å²) in [6, 6.07) is 22.3. The normalized spacial score (nSPS) is 17.5. The molecule has 1 aliphatic heterocycles. The fraction of sp³-hybridized carbons (Fsp3) is 0.333. The molecule has 0 radical (unpaired) electrons. The van der Waals surface area contributed by atoms with Crippen LogP contribution in [0.2, 0.25) is 5.32 Å². The van der Waals surface area contributed by atoms with E-state index in [4.69, 9.17) is 4.74 Å². The van der Waals surface area contributed by atoms with Gasteiger partial charge in [0.05, 0.1) is 0 Å². The van der Waals surface area contributed by atoms with Crippen LogP contribution in [0.15, 0.2) is 60.7 Å². The fourth-order valence-corrected chi connectivity index (χ4v) is 4.98. The maximum absolute atomic E-state index is 5.51. The second-order valence-electron chi connectivity index (χ2n) is 5.20. The number of hydrogen-bond acceptors (Lipinski definition) is 2. The van der Waals surface area contributed by atoms with E-state index in [9.17, 15) is 0 Å². The van der Waals surface area contributed by atoms with Gasteiger partial charge in [0.25, 0.3) is 0 Å². The van der Waals surface area contributed by atoms with Crippen molar-refractivity contribution in [3.05, 3.63) is 66.2 Å². The van der Waals surface area contributed by atoms with Crippen LogP contribution < -0.4 is 4.46 Å². The number of rotatable bonds is 5. The van der Waals surface area contributed by atoms with Crippen molar-refractivity contribution >= 4 is 19.4 Å². The summed E-state index contributed by atoms with van der Waals surface area (Å²) < 4.78 is 7.00. The molecule has 2 aromatic carbocycles. The molecule has 2 aromatic rings. The second kappa shape index (κ2) is 7.76. The van der Waals surface area contributed by atoms with E-state index in [1.54, 1.807) is 0 Å². The minimum atomic E-state index is 0.514. The Bertz CT molecular complexity index is 525. The van der Waals surface area contributed by atoms with Crippen molar-refractivity contribution in [1.82, 2.24) is 4.90 Å². The molecule has 0 saturated carbocycles. The summed E-state index contributed by atoms with van der Waals surface area (Å²) in [6.07, 6.45) is 0. The van der Waals surface area contributed by atoms with Crippen LogP contribution >= 0.6 is 0 Å². The Morgan fingerprint density at radius 3 is 2.19 bits per heavy atom. The molecule has 0 spiro atoms. The molecule has 1 saturated heterocycles. The standard InChI is InChI=1S/C18H21NOSe/c1-3-7-16(8-4-1)18(19-11-13-20-14-12-19)15-21-17-9-5-2-6-10-17/h1-10,18H,11-15H2. The summed E-state index contributed by atoms with van der Waals surface area (Å²) in [4.78, 5) is 2.59. The summed E-state index contributed by atoms with van der Waals surface area (Å²) in [5.74, 6) is 0. The number of hydrogen-bond donors (Lipinski definition) is 0. The van der Waals surface area contributed by atoms with Gasteiger partial charge in [-0.05, 0) is 0 Å². The third-order valence-electron chi connectivity index (χ3n) is 3.82. The molecule has 0 N–H and O–H groups in total. The third-order valence-corrected chi connectivity index (χ3v) is 6.10. The second-order valence-corrected chi connectivity index (χ2v) is 7.49. The number of benzene rings is 2. The first kappa shape index (κ1) is 14.8. The van der Waals surface area contributed by atoms with E-state index < -0.39 is 0 Å². The molecule has 21 heavy (non-hydrogen) atoms. The van der Waals surface area contributed by atoms with Gasteiger partial charge in [-0.3, -0.25) is 0 Å². The zero-order valence-corrected chi connectivity index (χ0v) is 13.9. The molecule has 110 valence electrons. The van der Waals surface area contributed by atoms with E-state index in [2.05, 4.69) is 65.6 Å². The van der Waals surface area contributed by atoms with Crippen LogP contribution in [0.25, 0.3) is 0 Å². The minimum absolute atomic E-state index is 0.514. The molecule has 2 nitrogen and oxygen atoms in total. The summed E-state index contributed by atoms with van der Waals surface area (Å²) in [7, 11) is 0. The van der Waals surface area contributed by atoms with Crippen LogP contribution in [0, 0.1) is 0 Å². The maximum atomic E-state index is 5.51. The van der Waals surface area contributed by atoms with Crippen molar-refractivity contribution in [2.24, 2.45) is 0 Å². The monoisotopic (exact) mass is 347 g/mol. The van der Waals surface area contributed by atoms with Crippen LogP contribution in [0.5, 0.6) is 0 Å². The summed E-state index contributed by atoms with van der Waals surface area (Å²) in [5, 5.41) is 1.22. The van der Waals surface area contributed by atoms with Crippen LogP contribution in [-0.2, 0) is 4.74 Å². The molecule has 0 aromatic heterocycles. The van der Waals surface area contributed by atoms with Gasteiger partial charge in [-0.2, -0.15) is 0 Å². The van der Waals surface area contributed by atoms with Crippen LogP contribution in [0.1, 0.15) is 11.6 Å². The summed E-state index contributed by atoms with van der Waals surface area (Å²) in [6.45, 7) is 3.82. The van der Waals surface area contributed by atoms with E-state index in [0.717, 1.165) is 26.3 Å². The number of ether oxygens (including phenoxy) is 1. The van der Waals surface area contributed by atoms with Gasteiger partial charge < -0.3 is 0 Å². The molecular formula is C18H21NOSe. The van der Waals surface area contributed by atoms with E-state index in [1.165, 1.54) is 15.3 Å². The Balaban J connectivity index is 1.72. The predicted molar refractivity (Wildman–Crippen MR) is 88.2 cm³/mol. The van der Waals surface area contributed by atoms with Gasteiger partial charge >= 0.3 is 133 Å². The summed E-state index contributed by atoms with van der Waals surface area (Å²) >= 11 is 0.514. The van der Waals surface area contributed by atoms with Crippen molar-refractivity contribution in [3.8, 4) is 0 Å². The van der Waals surface area contributed by atoms with Gasteiger partial charge in [0.2, 0.25) is 0 Å². The van der Waals surface area contributed by atoms with Gasteiger partial charge in [-0.25, -0.2) is 0 Å². The van der Waals surface area contributed by atoms with Crippen molar-refractivity contribution in [3.63, 3.8) is 0 Å². The molecule has 1 unspecified atom stereocenters. The van der Waals surface area contributed by atoms with Crippen LogP contribution in [0.3, 0.4) is 0 Å². The zero-order valence-electron chi connectivity index (χ0n) is 12.2. The Morgan fingerprint density at radius 1 is 0.905 bits per heavy atom. The zero-order chi connectivity index (χ0) is 14.3. The first-order chi connectivity index (χ1) is 10.4. The summed E-state index contributed by atoms with van der Waals surface area (Å²) in [5.41, 5.74) is 1.44. The van der Waals surface area contributed by atoms with E-state index >= 15 is 0 Å². The van der Waals surface area contributed by atoms with Gasteiger partial charge in [0.1, 0.15) is 0 Å². The van der Waals surface area contributed by atoms with Crippen LogP contribution in [0.4, 0.5) is 0 Å².